The molecule has 0 aromatic heterocycles. The van der Waals surface area contributed by atoms with Gasteiger partial charge in [-0.25, -0.2) is 9.18 Å². The van der Waals surface area contributed by atoms with E-state index in [-0.39, 0.29) is 22.3 Å². The third kappa shape index (κ3) is 9.18. The molecule has 1 heterocycles. The average molecular weight is 662 g/mol. The number of halogens is 2. The van der Waals surface area contributed by atoms with Crippen molar-refractivity contribution in [2.75, 3.05) is 6.54 Å². The van der Waals surface area contributed by atoms with E-state index < -0.39 is 65.6 Å². The van der Waals surface area contributed by atoms with E-state index in [0.717, 1.165) is 6.07 Å². The van der Waals surface area contributed by atoms with Crippen molar-refractivity contribution in [1.29, 1.82) is 0 Å². The lowest BCUT2D eigenvalue weighted by Crippen LogP contribution is -2.56. The standard InChI is InChI=1S/C33H41ClFN3O8/c1-9-17(2)26(38-31(43)46-32(4,5)6)30(42)36-16-25(40)44-28-27(37-29(41)20-10-12-23(35)22(34)15-20)21-14-19(18(3)39)11-13-24(21)45-33(28,7)8/h10-15,17,26-28H,9,16H2,1-8H3,(H,36,42)(H,37,41)(H,38,43)/t17-,26-,27+,28-/m0/s1. The first-order valence-electron chi connectivity index (χ1n) is 14.9. The first-order valence-corrected chi connectivity index (χ1v) is 15.3. The molecule has 3 N–H and O–H groups in total. The molecule has 2 aromatic carbocycles. The minimum absolute atomic E-state index is 0.0471. The van der Waals surface area contributed by atoms with Gasteiger partial charge in [-0.15, -0.1) is 0 Å². The molecular formula is C33H41ClFN3O8. The molecule has 0 saturated heterocycles. The van der Waals surface area contributed by atoms with Crippen LogP contribution < -0.4 is 20.7 Å². The Kier molecular flexibility index (Phi) is 11.4. The molecule has 4 atom stereocenters. The van der Waals surface area contributed by atoms with Gasteiger partial charge in [0.25, 0.3) is 5.91 Å². The van der Waals surface area contributed by atoms with E-state index in [2.05, 4.69) is 16.0 Å². The van der Waals surface area contributed by atoms with Crippen LogP contribution in [0.1, 0.15) is 94.1 Å². The molecular weight excluding hydrogens is 621 g/mol. The van der Waals surface area contributed by atoms with E-state index in [1.807, 2.05) is 6.92 Å². The zero-order chi connectivity index (χ0) is 34.6. The van der Waals surface area contributed by atoms with Crippen LogP contribution in [0.2, 0.25) is 5.02 Å². The Bertz CT molecular complexity index is 1510. The fourth-order valence-corrected chi connectivity index (χ4v) is 5.00. The van der Waals surface area contributed by atoms with Gasteiger partial charge in [0, 0.05) is 16.7 Å². The average Bonchev–Trinajstić information content (AvgIpc) is 2.95. The number of rotatable bonds is 10. The van der Waals surface area contributed by atoms with Crippen molar-refractivity contribution < 1.29 is 42.6 Å². The fourth-order valence-electron chi connectivity index (χ4n) is 4.82. The largest absolute Gasteiger partial charge is 0.484 e. The molecule has 3 rings (SSSR count). The second-order valence-corrected chi connectivity index (χ2v) is 13.1. The summed E-state index contributed by atoms with van der Waals surface area (Å²) in [6, 6.07) is 6.16. The number of hydrogen-bond acceptors (Lipinski definition) is 8. The van der Waals surface area contributed by atoms with Gasteiger partial charge in [0.05, 0.1) is 11.1 Å². The number of carbonyl (C=O) groups is 5. The number of esters is 1. The van der Waals surface area contributed by atoms with Crippen LogP contribution in [0.4, 0.5) is 9.18 Å². The molecule has 11 nitrogen and oxygen atoms in total. The first kappa shape index (κ1) is 36.3. The van der Waals surface area contributed by atoms with E-state index in [1.165, 1.54) is 25.1 Å². The van der Waals surface area contributed by atoms with Gasteiger partial charge in [-0.05, 0) is 83.9 Å². The highest BCUT2D eigenvalue weighted by molar-refractivity contribution is 6.31. The van der Waals surface area contributed by atoms with Crippen LogP contribution in [0.15, 0.2) is 36.4 Å². The van der Waals surface area contributed by atoms with Gasteiger partial charge >= 0.3 is 12.1 Å². The fraction of sp³-hybridized carbons (Fsp3) is 0.485. The zero-order valence-corrected chi connectivity index (χ0v) is 28.0. The lowest BCUT2D eigenvalue weighted by Gasteiger charge is -2.44. The van der Waals surface area contributed by atoms with Crippen molar-refractivity contribution in [2.24, 2.45) is 5.92 Å². The van der Waals surface area contributed by atoms with Crippen molar-refractivity contribution >= 4 is 41.3 Å². The van der Waals surface area contributed by atoms with Crippen LogP contribution in [0.5, 0.6) is 5.75 Å². The number of hydrogen-bond donors (Lipinski definition) is 3. The predicted octanol–water partition coefficient (Wildman–Crippen LogP) is 5.29. The van der Waals surface area contributed by atoms with Crippen LogP contribution in [0, 0.1) is 11.7 Å². The van der Waals surface area contributed by atoms with E-state index in [4.69, 9.17) is 25.8 Å². The van der Waals surface area contributed by atoms with E-state index in [0.29, 0.717) is 23.3 Å². The molecule has 0 saturated carbocycles. The number of ether oxygens (including phenoxy) is 3. The summed E-state index contributed by atoms with van der Waals surface area (Å²) >= 11 is 5.90. The topological polar surface area (TPSA) is 149 Å². The van der Waals surface area contributed by atoms with Crippen LogP contribution in [0.3, 0.4) is 0 Å². The molecule has 0 spiro atoms. The number of carbonyl (C=O) groups excluding carboxylic acids is 5. The third-order valence-corrected chi connectivity index (χ3v) is 7.70. The van der Waals surface area contributed by atoms with Gasteiger partial charge in [-0.2, -0.15) is 0 Å². The van der Waals surface area contributed by atoms with Gasteiger partial charge in [0.15, 0.2) is 11.9 Å². The maximum Gasteiger partial charge on any atom is 0.408 e. The summed E-state index contributed by atoms with van der Waals surface area (Å²) in [5, 5.41) is 7.65. The van der Waals surface area contributed by atoms with Gasteiger partial charge in [-0.1, -0.05) is 31.9 Å². The number of Topliss-reactive ketones (excluding diaryl/α,β-unsaturated/α-hetero) is 1. The molecule has 0 aliphatic carbocycles. The van der Waals surface area contributed by atoms with Crippen LogP contribution in [-0.2, 0) is 19.1 Å². The molecule has 2 aromatic rings. The molecule has 13 heteroatoms. The van der Waals surface area contributed by atoms with Gasteiger partial charge in [-0.3, -0.25) is 19.2 Å². The second-order valence-electron chi connectivity index (χ2n) is 12.7. The van der Waals surface area contributed by atoms with Gasteiger partial charge in [0.2, 0.25) is 5.91 Å². The molecule has 46 heavy (non-hydrogen) atoms. The van der Waals surface area contributed by atoms with Crippen LogP contribution in [0.25, 0.3) is 0 Å². The van der Waals surface area contributed by atoms with Crippen LogP contribution in [-0.4, -0.2) is 59.6 Å². The Morgan fingerprint density at radius 1 is 1.07 bits per heavy atom. The molecule has 0 fully saturated rings. The zero-order valence-electron chi connectivity index (χ0n) is 27.2. The van der Waals surface area contributed by atoms with Gasteiger partial charge < -0.3 is 30.2 Å². The molecule has 1 aliphatic heterocycles. The number of nitrogens with one attached hydrogen (secondary N) is 3. The lowest BCUT2D eigenvalue weighted by atomic mass is 9.85. The number of benzene rings is 2. The predicted molar refractivity (Wildman–Crippen MR) is 168 cm³/mol. The van der Waals surface area contributed by atoms with E-state index in [9.17, 15) is 28.4 Å². The first-order chi connectivity index (χ1) is 21.3. The van der Waals surface area contributed by atoms with Crippen molar-refractivity contribution in [3.05, 3.63) is 63.9 Å². The quantitative estimate of drug-likeness (QED) is 0.230. The summed E-state index contributed by atoms with van der Waals surface area (Å²) in [5.74, 6) is -3.01. The summed E-state index contributed by atoms with van der Waals surface area (Å²) in [6.07, 6.45) is -1.38. The molecule has 1 aliphatic rings. The monoisotopic (exact) mass is 661 g/mol. The lowest BCUT2D eigenvalue weighted by molar-refractivity contribution is -0.164. The number of fused-ring (bicyclic) bond motifs is 1. The molecule has 0 radical (unpaired) electrons. The Morgan fingerprint density at radius 3 is 2.30 bits per heavy atom. The Labute approximate surface area is 272 Å². The minimum Gasteiger partial charge on any atom is -0.484 e. The van der Waals surface area contributed by atoms with Gasteiger partial charge in [0.1, 0.15) is 35.4 Å². The SMILES string of the molecule is CC[C@H](C)[C@H](NC(=O)OC(C)(C)C)C(=O)NCC(=O)O[C@H]1[C@H](NC(=O)c2ccc(F)c(Cl)c2)c2cc(C(C)=O)ccc2OC1(C)C. The Hall–Kier alpha value is -4.19. The summed E-state index contributed by atoms with van der Waals surface area (Å²) in [7, 11) is 0. The van der Waals surface area contributed by atoms with Crippen LogP contribution >= 0.6 is 11.6 Å². The number of alkyl carbamates (subject to hydrolysis) is 1. The van der Waals surface area contributed by atoms with E-state index >= 15 is 0 Å². The number of ketones is 1. The Morgan fingerprint density at radius 2 is 1.72 bits per heavy atom. The highest BCUT2D eigenvalue weighted by Gasteiger charge is 2.47. The van der Waals surface area contributed by atoms with Crippen molar-refractivity contribution in [2.45, 2.75) is 91.2 Å². The van der Waals surface area contributed by atoms with Crippen molar-refractivity contribution in [1.82, 2.24) is 16.0 Å². The second kappa shape index (κ2) is 14.5. The highest BCUT2D eigenvalue weighted by Crippen LogP contribution is 2.42. The van der Waals surface area contributed by atoms with Crippen molar-refractivity contribution in [3.8, 4) is 5.75 Å². The summed E-state index contributed by atoms with van der Waals surface area (Å²) in [4.78, 5) is 64.3. The van der Waals surface area contributed by atoms with Crippen molar-refractivity contribution in [3.63, 3.8) is 0 Å². The normalized spacial score (nSPS) is 18.1. The Balaban J connectivity index is 1.86. The summed E-state index contributed by atoms with van der Waals surface area (Å²) in [5.41, 5.74) is -1.24. The maximum absolute atomic E-state index is 13.8. The smallest absolute Gasteiger partial charge is 0.408 e. The minimum atomic E-state index is -1.21. The molecule has 0 bridgehead atoms. The third-order valence-electron chi connectivity index (χ3n) is 7.41. The summed E-state index contributed by atoms with van der Waals surface area (Å²) < 4.78 is 31.1. The summed E-state index contributed by atoms with van der Waals surface area (Å²) in [6.45, 7) is 12.8. The molecule has 0 unspecified atom stereocenters. The number of amides is 3. The van der Waals surface area contributed by atoms with E-state index in [1.54, 1.807) is 53.7 Å². The molecule has 3 amide bonds. The highest BCUT2D eigenvalue weighted by atomic mass is 35.5. The molecule has 250 valence electrons. The maximum atomic E-state index is 13.8.